The summed E-state index contributed by atoms with van der Waals surface area (Å²) in [6.07, 6.45) is 1.49. The third-order valence-electron chi connectivity index (χ3n) is 5.82. The number of hydrogen-bond donors (Lipinski definition) is 1. The van der Waals surface area contributed by atoms with Gasteiger partial charge in [-0.05, 0) is 85.6 Å². The number of aryl methyl sites for hydroxylation is 2. The molecule has 0 aliphatic heterocycles. The van der Waals surface area contributed by atoms with Crippen LogP contribution >= 0.6 is 15.9 Å². The molecule has 0 radical (unpaired) electrons. The predicted molar refractivity (Wildman–Crippen MR) is 158 cm³/mol. The molecule has 4 aromatic carbocycles. The second-order valence-electron chi connectivity index (χ2n) is 8.94. The molecule has 9 heteroatoms. The molecule has 7 nitrogen and oxygen atoms in total. The molecule has 0 aliphatic carbocycles. The van der Waals surface area contributed by atoms with Crippen molar-refractivity contribution in [1.82, 2.24) is 5.43 Å². The van der Waals surface area contributed by atoms with Gasteiger partial charge in [0.25, 0.3) is 15.9 Å². The molecule has 39 heavy (non-hydrogen) atoms. The van der Waals surface area contributed by atoms with E-state index in [1.54, 1.807) is 36.4 Å². The van der Waals surface area contributed by atoms with Gasteiger partial charge in [0.05, 0.1) is 16.8 Å². The molecule has 1 amide bonds. The second kappa shape index (κ2) is 12.7. The van der Waals surface area contributed by atoms with E-state index in [2.05, 4.69) is 26.5 Å². The Bertz CT molecular complexity index is 1540. The number of halogens is 1. The maximum absolute atomic E-state index is 13.4. The first-order chi connectivity index (χ1) is 18.7. The van der Waals surface area contributed by atoms with E-state index in [1.807, 2.05) is 62.4 Å². The van der Waals surface area contributed by atoms with E-state index in [9.17, 15) is 13.2 Å². The highest BCUT2D eigenvalue weighted by atomic mass is 79.9. The molecule has 0 saturated heterocycles. The Labute approximate surface area is 237 Å². The standard InChI is InChI=1S/C30H28BrN3O4S/c1-22-3-7-25(8-4-22)21-38-28-15-9-24(10-16-28)19-32-33-30(35)20-34(27-13-11-26(31)12-14-27)39(36,37)29-17-5-23(2)6-18-29/h3-19H,20-21H2,1-2H3,(H,33,35)/b32-19+. The van der Waals surface area contributed by atoms with Crippen molar-refractivity contribution in [2.24, 2.45) is 5.10 Å². The van der Waals surface area contributed by atoms with Gasteiger partial charge in [-0.25, -0.2) is 13.8 Å². The zero-order chi connectivity index (χ0) is 27.8. The highest BCUT2D eigenvalue weighted by Gasteiger charge is 2.27. The van der Waals surface area contributed by atoms with Crippen LogP contribution in [0.3, 0.4) is 0 Å². The van der Waals surface area contributed by atoms with Crippen LogP contribution in [0, 0.1) is 13.8 Å². The number of hydrogen-bond acceptors (Lipinski definition) is 5. The average molecular weight is 607 g/mol. The molecule has 4 aromatic rings. The number of nitrogens with one attached hydrogen (secondary N) is 1. The van der Waals surface area contributed by atoms with Crippen molar-refractivity contribution in [1.29, 1.82) is 0 Å². The first kappa shape index (κ1) is 28.1. The fourth-order valence-electron chi connectivity index (χ4n) is 3.61. The largest absolute Gasteiger partial charge is 0.489 e. The van der Waals surface area contributed by atoms with Crippen molar-refractivity contribution in [2.75, 3.05) is 10.8 Å². The molecule has 0 spiro atoms. The molecule has 4 rings (SSSR count). The smallest absolute Gasteiger partial charge is 0.264 e. The van der Waals surface area contributed by atoms with Crippen LogP contribution in [0.4, 0.5) is 5.69 Å². The fourth-order valence-corrected chi connectivity index (χ4v) is 5.29. The van der Waals surface area contributed by atoms with Crippen LogP contribution in [0.5, 0.6) is 5.75 Å². The zero-order valence-electron chi connectivity index (χ0n) is 21.5. The van der Waals surface area contributed by atoms with Gasteiger partial charge in [0.2, 0.25) is 0 Å². The molecule has 1 N–H and O–H groups in total. The van der Waals surface area contributed by atoms with Gasteiger partial charge in [-0.2, -0.15) is 5.10 Å². The monoisotopic (exact) mass is 605 g/mol. The number of anilines is 1. The molecule has 0 aliphatic rings. The summed E-state index contributed by atoms with van der Waals surface area (Å²) in [5.74, 6) is 0.131. The number of sulfonamides is 1. The SMILES string of the molecule is Cc1ccc(COc2ccc(/C=N/NC(=O)CN(c3ccc(Br)cc3)S(=O)(=O)c3ccc(C)cc3)cc2)cc1. The Morgan fingerprint density at radius 3 is 2.08 bits per heavy atom. The zero-order valence-corrected chi connectivity index (χ0v) is 23.9. The van der Waals surface area contributed by atoms with Crippen molar-refractivity contribution in [2.45, 2.75) is 25.3 Å². The fraction of sp³-hybridized carbons (Fsp3) is 0.133. The predicted octanol–water partition coefficient (Wildman–Crippen LogP) is 5.99. The highest BCUT2D eigenvalue weighted by Crippen LogP contribution is 2.25. The second-order valence-corrected chi connectivity index (χ2v) is 11.7. The van der Waals surface area contributed by atoms with Crippen molar-refractivity contribution < 1.29 is 17.9 Å². The number of carbonyl (C=O) groups is 1. The van der Waals surface area contributed by atoms with Crippen LogP contribution in [-0.4, -0.2) is 27.1 Å². The van der Waals surface area contributed by atoms with Gasteiger partial charge in [0.15, 0.2) is 0 Å². The molecular formula is C30H28BrN3O4S. The summed E-state index contributed by atoms with van der Waals surface area (Å²) in [7, 11) is -4.00. The lowest BCUT2D eigenvalue weighted by molar-refractivity contribution is -0.119. The van der Waals surface area contributed by atoms with Gasteiger partial charge in [0, 0.05) is 4.47 Å². The molecule has 0 fully saturated rings. The number of carbonyl (C=O) groups excluding carboxylic acids is 1. The maximum Gasteiger partial charge on any atom is 0.264 e. The van der Waals surface area contributed by atoms with Gasteiger partial charge in [0.1, 0.15) is 18.9 Å². The van der Waals surface area contributed by atoms with Gasteiger partial charge in [-0.15, -0.1) is 0 Å². The quantitative estimate of drug-likeness (QED) is 0.178. The molecule has 0 bridgehead atoms. The number of nitrogens with zero attached hydrogens (tertiary/aromatic N) is 2. The Morgan fingerprint density at radius 1 is 0.872 bits per heavy atom. The van der Waals surface area contributed by atoms with E-state index >= 15 is 0 Å². The Balaban J connectivity index is 1.39. The van der Waals surface area contributed by atoms with E-state index in [4.69, 9.17) is 4.74 Å². The van der Waals surface area contributed by atoms with Gasteiger partial charge >= 0.3 is 0 Å². The maximum atomic E-state index is 13.4. The van der Waals surface area contributed by atoms with E-state index in [1.165, 1.54) is 23.9 Å². The van der Waals surface area contributed by atoms with E-state index in [-0.39, 0.29) is 4.90 Å². The minimum atomic E-state index is -4.00. The van der Waals surface area contributed by atoms with Crippen molar-refractivity contribution in [3.63, 3.8) is 0 Å². The van der Waals surface area contributed by atoms with Crippen LogP contribution in [0.25, 0.3) is 0 Å². The number of hydrazone groups is 1. The lowest BCUT2D eigenvalue weighted by atomic mass is 10.2. The third-order valence-corrected chi connectivity index (χ3v) is 8.14. The Morgan fingerprint density at radius 2 is 1.46 bits per heavy atom. The molecule has 0 saturated carbocycles. The lowest BCUT2D eigenvalue weighted by Crippen LogP contribution is -2.39. The van der Waals surface area contributed by atoms with Crippen molar-refractivity contribution in [3.05, 3.63) is 124 Å². The highest BCUT2D eigenvalue weighted by molar-refractivity contribution is 9.10. The van der Waals surface area contributed by atoms with Crippen molar-refractivity contribution >= 4 is 43.8 Å². The van der Waals surface area contributed by atoms with Gasteiger partial charge < -0.3 is 4.74 Å². The first-order valence-electron chi connectivity index (χ1n) is 12.2. The number of benzene rings is 4. The third kappa shape index (κ3) is 7.78. The topological polar surface area (TPSA) is 88.1 Å². The van der Waals surface area contributed by atoms with E-state index in [0.29, 0.717) is 18.0 Å². The van der Waals surface area contributed by atoms with Crippen LogP contribution in [0.2, 0.25) is 0 Å². The molecule has 0 unspecified atom stereocenters. The molecule has 200 valence electrons. The van der Waals surface area contributed by atoms with Crippen LogP contribution in [0.1, 0.15) is 22.3 Å². The summed E-state index contributed by atoms with van der Waals surface area (Å²) in [6, 6.07) is 28.6. The summed E-state index contributed by atoms with van der Waals surface area (Å²) >= 11 is 3.36. The van der Waals surface area contributed by atoms with Gasteiger partial charge in [-0.1, -0.05) is 63.5 Å². The normalized spacial score (nSPS) is 11.4. The Kier molecular flexibility index (Phi) is 9.16. The van der Waals surface area contributed by atoms with Crippen LogP contribution in [0.15, 0.2) is 112 Å². The van der Waals surface area contributed by atoms with Crippen molar-refractivity contribution in [3.8, 4) is 5.75 Å². The molecule has 0 atom stereocenters. The molecule has 0 aromatic heterocycles. The summed E-state index contributed by atoms with van der Waals surface area (Å²) in [5, 5.41) is 4.01. The summed E-state index contributed by atoms with van der Waals surface area (Å²) < 4.78 is 34.5. The first-order valence-corrected chi connectivity index (χ1v) is 14.4. The minimum Gasteiger partial charge on any atom is -0.489 e. The summed E-state index contributed by atoms with van der Waals surface area (Å²) in [4.78, 5) is 12.8. The number of rotatable bonds is 10. The Hall–Kier alpha value is -3.95. The summed E-state index contributed by atoms with van der Waals surface area (Å²) in [5.41, 5.74) is 6.74. The summed E-state index contributed by atoms with van der Waals surface area (Å²) in [6.45, 7) is 3.94. The van der Waals surface area contributed by atoms with E-state index in [0.717, 1.165) is 25.5 Å². The minimum absolute atomic E-state index is 0.0945. The average Bonchev–Trinajstić information content (AvgIpc) is 2.93. The molecular weight excluding hydrogens is 578 g/mol. The number of ether oxygens (including phenoxy) is 1. The number of amides is 1. The van der Waals surface area contributed by atoms with Gasteiger partial charge in [-0.3, -0.25) is 9.10 Å². The lowest BCUT2D eigenvalue weighted by Gasteiger charge is -2.23. The molecule has 0 heterocycles. The van der Waals surface area contributed by atoms with Crippen LogP contribution < -0.4 is 14.5 Å². The van der Waals surface area contributed by atoms with E-state index < -0.39 is 22.5 Å². The van der Waals surface area contributed by atoms with Crippen LogP contribution in [-0.2, 0) is 21.4 Å².